The highest BCUT2D eigenvalue weighted by molar-refractivity contribution is 5.95. The first-order valence-corrected chi connectivity index (χ1v) is 11.9. The molecular weight excluding hydrogens is 445 g/mol. The van der Waals surface area contributed by atoms with Crippen LogP contribution in [0, 0.1) is 5.82 Å². The summed E-state index contributed by atoms with van der Waals surface area (Å²) in [5.41, 5.74) is 1.67. The molecular formula is C29H30FNO4. The summed E-state index contributed by atoms with van der Waals surface area (Å²) in [7, 11) is 0. The maximum Gasteiger partial charge on any atom is 0.303 e. The third-order valence-corrected chi connectivity index (χ3v) is 5.87. The van der Waals surface area contributed by atoms with E-state index in [0.717, 1.165) is 0 Å². The summed E-state index contributed by atoms with van der Waals surface area (Å²) >= 11 is 0. The van der Waals surface area contributed by atoms with Gasteiger partial charge in [0, 0.05) is 35.6 Å². The minimum atomic E-state index is -2.12. The van der Waals surface area contributed by atoms with Crippen LogP contribution in [0.1, 0.15) is 57.2 Å². The number of carbonyl (C=O) groups excluding carboxylic acids is 1. The largest absolute Gasteiger partial charge is 0.493 e. The third-order valence-electron chi connectivity index (χ3n) is 5.87. The second-order valence-electron chi connectivity index (χ2n) is 8.62. The van der Waals surface area contributed by atoms with Crippen molar-refractivity contribution in [1.29, 1.82) is 0 Å². The van der Waals surface area contributed by atoms with Crippen LogP contribution in [0.4, 0.5) is 4.39 Å². The Kier molecular flexibility index (Phi) is 7.27. The molecule has 0 atom stereocenters. The van der Waals surface area contributed by atoms with Gasteiger partial charge in [0.2, 0.25) is 0 Å². The first-order valence-electron chi connectivity index (χ1n) is 12.9. The number of para-hydroxylation sites is 1. The summed E-state index contributed by atoms with van der Waals surface area (Å²) in [6.45, 7) is -1.80. The highest BCUT2D eigenvalue weighted by Gasteiger charge is 2.33. The van der Waals surface area contributed by atoms with Gasteiger partial charge in [-0.2, -0.15) is 0 Å². The number of halogens is 1. The molecule has 3 aromatic rings. The van der Waals surface area contributed by atoms with E-state index in [-0.39, 0.29) is 23.8 Å². The number of carbonyl (C=O) groups is 2. The van der Waals surface area contributed by atoms with Crippen molar-refractivity contribution in [2.24, 2.45) is 0 Å². The summed E-state index contributed by atoms with van der Waals surface area (Å²) in [5.74, 6) is -1.25. The van der Waals surface area contributed by atoms with Crippen molar-refractivity contribution in [3.63, 3.8) is 0 Å². The monoisotopic (exact) mass is 477 g/mol. The van der Waals surface area contributed by atoms with Crippen molar-refractivity contribution in [3.05, 3.63) is 89.7 Å². The number of amides is 1. The van der Waals surface area contributed by atoms with E-state index in [0.29, 0.717) is 61.2 Å². The van der Waals surface area contributed by atoms with E-state index in [4.69, 9.17) is 12.6 Å². The van der Waals surface area contributed by atoms with Crippen LogP contribution in [0.3, 0.4) is 0 Å². The molecule has 3 aromatic carbocycles. The number of rotatable bonds is 12. The Balaban J connectivity index is 1.51. The zero-order chi connectivity index (χ0) is 26.4. The lowest BCUT2D eigenvalue weighted by atomic mass is 10.0. The molecule has 0 aromatic heterocycles. The van der Waals surface area contributed by atoms with Gasteiger partial charge >= 0.3 is 5.97 Å². The lowest BCUT2D eigenvalue weighted by Crippen LogP contribution is -2.32. The zero-order valence-corrected chi connectivity index (χ0v) is 19.5. The van der Waals surface area contributed by atoms with E-state index in [1.54, 1.807) is 66.7 Å². The molecule has 5 nitrogen and oxygen atoms in total. The average molecular weight is 478 g/mol. The molecule has 1 N–H and O–H groups in total. The second-order valence-corrected chi connectivity index (χ2v) is 8.62. The molecule has 1 aliphatic carbocycles. The molecule has 6 heteroatoms. The van der Waals surface area contributed by atoms with Gasteiger partial charge in [-0.25, -0.2) is 4.39 Å². The maximum atomic E-state index is 14.2. The van der Waals surface area contributed by atoms with Gasteiger partial charge in [0.1, 0.15) is 11.6 Å². The SMILES string of the molecule is [2H]C([2H])(c1ccccc1OCCCCCC(=O)O)N(C(=O)c1ccc(-c2ccccc2F)cc1)C1CC1. The number of hydrogen-bond donors (Lipinski definition) is 1. The summed E-state index contributed by atoms with van der Waals surface area (Å²) in [6, 6.07) is 19.5. The lowest BCUT2D eigenvalue weighted by molar-refractivity contribution is -0.137. The van der Waals surface area contributed by atoms with Crippen molar-refractivity contribution in [3.8, 4) is 16.9 Å². The number of ether oxygens (including phenoxy) is 1. The predicted molar refractivity (Wildman–Crippen MR) is 133 cm³/mol. The van der Waals surface area contributed by atoms with Crippen LogP contribution in [-0.2, 0) is 11.3 Å². The van der Waals surface area contributed by atoms with E-state index in [2.05, 4.69) is 0 Å². The molecule has 1 aliphatic rings. The summed E-state index contributed by atoms with van der Waals surface area (Å²) in [5, 5.41) is 8.76. The molecule has 0 bridgehead atoms. The quantitative estimate of drug-likeness (QED) is 0.310. The average Bonchev–Trinajstić information content (AvgIpc) is 3.71. The molecule has 0 saturated heterocycles. The van der Waals surface area contributed by atoms with Crippen molar-refractivity contribution in [1.82, 2.24) is 4.90 Å². The van der Waals surface area contributed by atoms with Gasteiger partial charge in [0.25, 0.3) is 5.91 Å². The van der Waals surface area contributed by atoms with Crippen molar-refractivity contribution in [2.75, 3.05) is 6.61 Å². The Morgan fingerprint density at radius 2 is 1.69 bits per heavy atom. The molecule has 0 aliphatic heterocycles. The summed E-state index contributed by atoms with van der Waals surface area (Å²) in [6.07, 6.45) is 3.43. The van der Waals surface area contributed by atoms with E-state index in [1.807, 2.05) is 0 Å². The normalized spacial score (nSPS) is 14.1. The molecule has 0 heterocycles. The highest BCUT2D eigenvalue weighted by atomic mass is 19.1. The molecule has 1 saturated carbocycles. The molecule has 0 radical (unpaired) electrons. The van der Waals surface area contributed by atoms with E-state index >= 15 is 0 Å². The van der Waals surface area contributed by atoms with Gasteiger partial charge in [-0.05, 0) is 61.9 Å². The predicted octanol–water partition coefficient (Wildman–Crippen LogP) is 6.32. The molecule has 0 unspecified atom stereocenters. The number of benzene rings is 3. The molecule has 0 spiro atoms. The minimum Gasteiger partial charge on any atom is -0.493 e. The summed E-state index contributed by atoms with van der Waals surface area (Å²) < 4.78 is 38.0. The Morgan fingerprint density at radius 3 is 2.40 bits per heavy atom. The van der Waals surface area contributed by atoms with E-state index in [9.17, 15) is 14.0 Å². The van der Waals surface area contributed by atoms with Gasteiger partial charge < -0.3 is 14.7 Å². The molecule has 35 heavy (non-hydrogen) atoms. The Bertz CT molecular complexity index is 1240. The number of aliphatic carboxylic acids is 1. The fourth-order valence-corrected chi connectivity index (χ4v) is 3.82. The highest BCUT2D eigenvalue weighted by Crippen LogP contribution is 2.32. The topological polar surface area (TPSA) is 66.8 Å². The third kappa shape index (κ3) is 6.69. The molecule has 4 rings (SSSR count). The lowest BCUT2D eigenvalue weighted by Gasteiger charge is -2.24. The van der Waals surface area contributed by atoms with Crippen LogP contribution in [0.2, 0.25) is 0 Å². The summed E-state index contributed by atoms with van der Waals surface area (Å²) in [4.78, 5) is 25.5. The van der Waals surface area contributed by atoms with Crippen LogP contribution < -0.4 is 4.74 Å². The van der Waals surface area contributed by atoms with Crippen molar-refractivity contribution >= 4 is 11.9 Å². The van der Waals surface area contributed by atoms with Crippen LogP contribution in [-0.4, -0.2) is 34.5 Å². The van der Waals surface area contributed by atoms with Crippen LogP contribution in [0.15, 0.2) is 72.8 Å². The number of unbranched alkanes of at least 4 members (excludes halogenated alkanes) is 2. The smallest absolute Gasteiger partial charge is 0.303 e. The maximum absolute atomic E-state index is 14.2. The van der Waals surface area contributed by atoms with Crippen LogP contribution in [0.25, 0.3) is 11.1 Å². The van der Waals surface area contributed by atoms with Crippen LogP contribution in [0.5, 0.6) is 5.75 Å². The number of hydrogen-bond acceptors (Lipinski definition) is 3. The molecule has 1 fully saturated rings. The van der Waals surface area contributed by atoms with Crippen molar-refractivity contribution < 1.29 is 26.6 Å². The second kappa shape index (κ2) is 11.6. The van der Waals surface area contributed by atoms with Gasteiger partial charge in [-0.15, -0.1) is 0 Å². The Labute approximate surface area is 208 Å². The molecule has 182 valence electrons. The van der Waals surface area contributed by atoms with Crippen molar-refractivity contribution in [2.45, 2.75) is 51.1 Å². The van der Waals surface area contributed by atoms with E-state index in [1.165, 1.54) is 11.0 Å². The zero-order valence-electron chi connectivity index (χ0n) is 21.5. The van der Waals surface area contributed by atoms with Gasteiger partial charge in [-0.3, -0.25) is 9.59 Å². The Hall–Kier alpha value is -3.67. The number of nitrogens with zero attached hydrogens (tertiary/aromatic N) is 1. The standard InChI is InChI=1S/C29H30FNO4/c30-26-10-5-4-9-25(26)21-13-15-22(16-14-21)29(34)31(24-17-18-24)20-23-8-3-6-11-27(23)35-19-7-1-2-12-28(32)33/h3-6,8-11,13-16,24H,1-2,7,12,17-20H2,(H,32,33)/i20D2. The van der Waals surface area contributed by atoms with Gasteiger partial charge in [0.15, 0.2) is 0 Å². The first kappa shape index (κ1) is 21.8. The van der Waals surface area contributed by atoms with Gasteiger partial charge in [0.05, 0.1) is 9.35 Å². The number of carboxylic acids is 1. The fourth-order valence-electron chi connectivity index (χ4n) is 3.82. The van der Waals surface area contributed by atoms with Crippen LogP contribution >= 0.6 is 0 Å². The number of carboxylic acid groups (broad SMARTS) is 1. The van der Waals surface area contributed by atoms with E-state index < -0.39 is 18.4 Å². The fraction of sp³-hybridized carbons (Fsp3) is 0.310. The molecule has 1 amide bonds. The van der Waals surface area contributed by atoms with Gasteiger partial charge in [-0.1, -0.05) is 48.5 Å². The Morgan fingerprint density at radius 1 is 0.971 bits per heavy atom. The first-order chi connectivity index (χ1) is 17.8. The minimum absolute atomic E-state index is 0.110.